The Morgan fingerprint density at radius 1 is 1.25 bits per heavy atom. The lowest BCUT2D eigenvalue weighted by Gasteiger charge is -2.17. The predicted octanol–water partition coefficient (Wildman–Crippen LogP) is 1.83. The Hall–Kier alpha value is -3.49. The van der Waals surface area contributed by atoms with Crippen molar-refractivity contribution in [3.8, 4) is 0 Å². The van der Waals surface area contributed by atoms with Crippen LogP contribution in [0, 0.1) is 0 Å². The zero-order valence-corrected chi connectivity index (χ0v) is 15.5. The van der Waals surface area contributed by atoms with E-state index in [4.69, 9.17) is 9.26 Å². The number of nitrogens with zero attached hydrogens (tertiary/aromatic N) is 3. The van der Waals surface area contributed by atoms with E-state index in [1.165, 1.54) is 10.9 Å². The number of nitrogens with one attached hydrogen (secondary N) is 1. The number of hydrogen-bond acceptors (Lipinski definition) is 7. The quantitative estimate of drug-likeness (QED) is 0.618. The number of carbonyl (C=O) groups is 2. The highest BCUT2D eigenvalue weighted by molar-refractivity contribution is 5.99. The van der Waals surface area contributed by atoms with Gasteiger partial charge in [0, 0.05) is 6.54 Å². The average Bonchev–Trinajstić information content (AvgIpc) is 3.15. The molecule has 3 aromatic rings. The van der Waals surface area contributed by atoms with Crippen molar-refractivity contribution >= 4 is 23.0 Å². The van der Waals surface area contributed by atoms with Gasteiger partial charge in [0.25, 0.3) is 11.3 Å². The maximum absolute atomic E-state index is 12.9. The molecule has 28 heavy (non-hydrogen) atoms. The van der Waals surface area contributed by atoms with Gasteiger partial charge in [-0.05, 0) is 18.9 Å². The molecule has 1 unspecified atom stereocenters. The molecule has 0 fully saturated rings. The summed E-state index contributed by atoms with van der Waals surface area (Å²) in [7, 11) is 0. The van der Waals surface area contributed by atoms with Crippen LogP contribution in [0.2, 0.25) is 0 Å². The van der Waals surface area contributed by atoms with Crippen molar-refractivity contribution in [2.45, 2.75) is 32.9 Å². The van der Waals surface area contributed by atoms with E-state index < -0.39 is 17.6 Å². The van der Waals surface area contributed by atoms with Gasteiger partial charge in [0.05, 0.1) is 6.61 Å². The Kier molecular flexibility index (Phi) is 5.83. The summed E-state index contributed by atoms with van der Waals surface area (Å²) in [4.78, 5) is 41.6. The summed E-state index contributed by atoms with van der Waals surface area (Å²) in [5.74, 6) is -1.11. The molecule has 9 nitrogen and oxygen atoms in total. The second-order valence-corrected chi connectivity index (χ2v) is 6.02. The second-order valence-electron chi connectivity index (χ2n) is 6.02. The first-order chi connectivity index (χ1) is 13.6. The number of ether oxygens (including phenoxy) is 1. The second kappa shape index (κ2) is 8.47. The Labute approximate surface area is 160 Å². The molecule has 1 N–H and O–H groups in total. The van der Waals surface area contributed by atoms with Crippen molar-refractivity contribution in [3.05, 3.63) is 58.3 Å². The number of amides is 1. The average molecular weight is 384 g/mol. The van der Waals surface area contributed by atoms with Gasteiger partial charge in [-0.2, -0.15) is 0 Å². The van der Waals surface area contributed by atoms with Crippen LogP contribution >= 0.6 is 0 Å². The zero-order valence-electron chi connectivity index (χ0n) is 15.5. The van der Waals surface area contributed by atoms with Crippen molar-refractivity contribution in [2.24, 2.45) is 0 Å². The lowest BCUT2D eigenvalue weighted by molar-refractivity contribution is -0.124. The molecule has 1 aromatic carbocycles. The smallest absolute Gasteiger partial charge is 0.361 e. The summed E-state index contributed by atoms with van der Waals surface area (Å²) < 4.78 is 11.0. The first kappa shape index (κ1) is 19.3. The van der Waals surface area contributed by atoms with Crippen molar-refractivity contribution in [2.75, 3.05) is 6.61 Å². The van der Waals surface area contributed by atoms with Crippen LogP contribution in [-0.2, 0) is 16.1 Å². The number of benzene rings is 1. The molecule has 0 aliphatic heterocycles. The van der Waals surface area contributed by atoms with E-state index >= 15 is 0 Å². The van der Waals surface area contributed by atoms with Gasteiger partial charge in [-0.15, -0.1) is 0 Å². The van der Waals surface area contributed by atoms with Gasteiger partial charge in [0.2, 0.25) is 11.6 Å². The molecule has 0 aliphatic carbocycles. The van der Waals surface area contributed by atoms with Crippen LogP contribution in [0.15, 0.2) is 46.0 Å². The monoisotopic (exact) mass is 384 g/mol. The fourth-order valence-corrected chi connectivity index (χ4v) is 2.83. The molecule has 9 heteroatoms. The number of aromatic nitrogens is 3. The molecule has 0 bridgehead atoms. The van der Waals surface area contributed by atoms with E-state index in [-0.39, 0.29) is 29.3 Å². The van der Waals surface area contributed by atoms with Gasteiger partial charge in [-0.1, -0.05) is 42.4 Å². The van der Waals surface area contributed by atoms with E-state index in [2.05, 4.69) is 15.5 Å². The van der Waals surface area contributed by atoms with Gasteiger partial charge < -0.3 is 14.6 Å². The van der Waals surface area contributed by atoms with Crippen LogP contribution in [0.1, 0.15) is 42.4 Å². The fraction of sp³-hybridized carbons (Fsp3) is 0.316. The van der Waals surface area contributed by atoms with Crippen molar-refractivity contribution < 1.29 is 18.8 Å². The topological polar surface area (TPSA) is 116 Å². The van der Waals surface area contributed by atoms with Gasteiger partial charge >= 0.3 is 5.97 Å². The third-order valence-corrected chi connectivity index (χ3v) is 4.23. The Bertz CT molecular complexity index is 1040. The van der Waals surface area contributed by atoms with E-state index in [9.17, 15) is 14.4 Å². The Morgan fingerprint density at radius 3 is 2.68 bits per heavy atom. The van der Waals surface area contributed by atoms with Gasteiger partial charge in [-0.3, -0.25) is 14.2 Å². The standard InChI is InChI=1S/C19H20N4O5/c1-3-13(16(24)20-10-12-8-6-5-7-9-12)23-11-21-17-14(18(23)25)15(22-28-17)19(26)27-4-2/h5-9,11,13H,3-4,10H2,1-2H3,(H,20,24). The van der Waals surface area contributed by atoms with E-state index in [0.29, 0.717) is 13.0 Å². The van der Waals surface area contributed by atoms with Crippen molar-refractivity contribution in [3.63, 3.8) is 0 Å². The van der Waals surface area contributed by atoms with E-state index in [1.807, 2.05) is 30.3 Å². The molecule has 0 aliphatic rings. The number of esters is 1. The summed E-state index contributed by atoms with van der Waals surface area (Å²) in [5.41, 5.74) is 0.0263. The van der Waals surface area contributed by atoms with Crippen LogP contribution in [0.5, 0.6) is 0 Å². The third-order valence-electron chi connectivity index (χ3n) is 4.23. The number of fused-ring (bicyclic) bond motifs is 1. The zero-order chi connectivity index (χ0) is 20.1. The molecular formula is C19H20N4O5. The highest BCUT2D eigenvalue weighted by Crippen LogP contribution is 2.16. The first-order valence-corrected chi connectivity index (χ1v) is 8.92. The predicted molar refractivity (Wildman–Crippen MR) is 99.6 cm³/mol. The van der Waals surface area contributed by atoms with Crippen LogP contribution in [0.3, 0.4) is 0 Å². The van der Waals surface area contributed by atoms with Crippen molar-refractivity contribution in [1.82, 2.24) is 20.0 Å². The highest BCUT2D eigenvalue weighted by atomic mass is 16.5. The summed E-state index contributed by atoms with van der Waals surface area (Å²) in [6.45, 7) is 3.88. The molecule has 0 spiro atoms. The lowest BCUT2D eigenvalue weighted by Crippen LogP contribution is -2.37. The van der Waals surface area contributed by atoms with Crippen LogP contribution < -0.4 is 10.9 Å². The molecule has 2 heterocycles. The summed E-state index contributed by atoms with van der Waals surface area (Å²) in [5, 5.41) is 6.31. The Balaban J connectivity index is 1.90. The number of carbonyl (C=O) groups excluding carboxylic acids is 2. The highest BCUT2D eigenvalue weighted by Gasteiger charge is 2.26. The molecule has 0 saturated heterocycles. The van der Waals surface area contributed by atoms with Crippen LogP contribution in [0.4, 0.5) is 0 Å². The fourth-order valence-electron chi connectivity index (χ4n) is 2.83. The van der Waals surface area contributed by atoms with E-state index in [0.717, 1.165) is 5.56 Å². The SMILES string of the molecule is CCOC(=O)c1noc2ncn(C(CC)C(=O)NCc3ccccc3)c(=O)c12. The summed E-state index contributed by atoms with van der Waals surface area (Å²) in [6.07, 6.45) is 1.58. The molecule has 1 atom stereocenters. The molecule has 0 radical (unpaired) electrons. The molecule has 2 aromatic heterocycles. The minimum absolute atomic E-state index is 0.0798. The molecule has 146 valence electrons. The number of hydrogen-bond donors (Lipinski definition) is 1. The van der Waals surface area contributed by atoms with Gasteiger partial charge in [0.1, 0.15) is 17.8 Å². The molecule has 1 amide bonds. The van der Waals surface area contributed by atoms with E-state index in [1.54, 1.807) is 13.8 Å². The maximum atomic E-state index is 12.9. The maximum Gasteiger partial charge on any atom is 0.361 e. The largest absolute Gasteiger partial charge is 0.461 e. The third kappa shape index (κ3) is 3.78. The van der Waals surface area contributed by atoms with Crippen LogP contribution in [0.25, 0.3) is 11.1 Å². The minimum Gasteiger partial charge on any atom is -0.461 e. The number of rotatable bonds is 7. The molecule has 3 rings (SSSR count). The summed E-state index contributed by atoms with van der Waals surface area (Å²) >= 11 is 0. The normalized spacial score (nSPS) is 11.9. The van der Waals surface area contributed by atoms with Gasteiger partial charge in [-0.25, -0.2) is 9.78 Å². The molecular weight excluding hydrogens is 364 g/mol. The lowest BCUT2D eigenvalue weighted by atomic mass is 10.1. The summed E-state index contributed by atoms with van der Waals surface area (Å²) in [6, 6.07) is 8.64. The molecule has 0 saturated carbocycles. The Morgan fingerprint density at radius 2 is 2.00 bits per heavy atom. The van der Waals surface area contributed by atoms with Crippen molar-refractivity contribution in [1.29, 1.82) is 0 Å². The minimum atomic E-state index is -0.793. The first-order valence-electron chi connectivity index (χ1n) is 8.92. The van der Waals surface area contributed by atoms with Crippen LogP contribution in [-0.4, -0.2) is 33.2 Å². The van der Waals surface area contributed by atoms with Gasteiger partial charge in [0.15, 0.2) is 0 Å².